The van der Waals surface area contributed by atoms with Crippen LogP contribution in [0.1, 0.15) is 17.3 Å². The molecule has 0 spiro atoms. The molecule has 0 saturated heterocycles. The topological polar surface area (TPSA) is 89.3 Å². The van der Waals surface area contributed by atoms with E-state index in [4.69, 9.17) is 4.74 Å². The number of ether oxygens (including phenoxy) is 1. The Morgan fingerprint density at radius 3 is 3.06 bits per heavy atom. The van der Waals surface area contributed by atoms with Crippen molar-refractivity contribution in [3.05, 3.63) is 22.2 Å². The first kappa shape index (κ1) is 11.6. The summed E-state index contributed by atoms with van der Waals surface area (Å²) in [7, 11) is 0. The molecule has 0 aromatic carbocycles. The molecule has 0 atom stereocenters. The van der Waals surface area contributed by atoms with Crippen molar-refractivity contribution in [2.75, 3.05) is 12.9 Å². The van der Waals surface area contributed by atoms with Crippen LogP contribution >= 0.6 is 11.8 Å². The largest absolute Gasteiger partial charge is 0.462 e. The Hall–Kier alpha value is -1.83. The Bertz CT molecular complexity index is 618. The molecular formula is C9H10N4O3S. The summed E-state index contributed by atoms with van der Waals surface area (Å²) in [6.45, 7) is 1.96. The standard InChI is InChI=1S/C9H10N4O3S/c1-3-16-7(14)5-4-10-13-6(5)11-8(17-2)12-9(13)15/h4H,3H2,1-2H3,(H,11,12,15). The van der Waals surface area contributed by atoms with Crippen molar-refractivity contribution in [2.24, 2.45) is 0 Å². The number of nitrogens with one attached hydrogen (secondary N) is 1. The predicted molar refractivity (Wildman–Crippen MR) is 61.3 cm³/mol. The van der Waals surface area contributed by atoms with E-state index in [2.05, 4.69) is 15.1 Å². The highest BCUT2D eigenvalue weighted by molar-refractivity contribution is 7.98. The minimum Gasteiger partial charge on any atom is -0.462 e. The lowest BCUT2D eigenvalue weighted by molar-refractivity contribution is 0.0528. The van der Waals surface area contributed by atoms with E-state index in [1.54, 1.807) is 13.2 Å². The smallest absolute Gasteiger partial charge is 0.350 e. The van der Waals surface area contributed by atoms with Gasteiger partial charge in [-0.1, -0.05) is 11.8 Å². The molecule has 0 fully saturated rings. The van der Waals surface area contributed by atoms with Gasteiger partial charge in [-0.3, -0.25) is 4.98 Å². The molecule has 0 bridgehead atoms. The highest BCUT2D eigenvalue weighted by Gasteiger charge is 2.17. The van der Waals surface area contributed by atoms with E-state index in [1.165, 1.54) is 18.0 Å². The van der Waals surface area contributed by atoms with Crippen LogP contribution in [0.4, 0.5) is 0 Å². The fraction of sp³-hybridized carbons (Fsp3) is 0.333. The van der Waals surface area contributed by atoms with Crippen molar-refractivity contribution in [3.63, 3.8) is 0 Å². The van der Waals surface area contributed by atoms with E-state index < -0.39 is 11.7 Å². The highest BCUT2D eigenvalue weighted by Crippen LogP contribution is 2.11. The number of fused-ring (bicyclic) bond motifs is 1. The van der Waals surface area contributed by atoms with Crippen LogP contribution < -0.4 is 5.69 Å². The van der Waals surface area contributed by atoms with E-state index in [0.29, 0.717) is 5.16 Å². The second-order valence-corrected chi connectivity index (χ2v) is 3.86. The van der Waals surface area contributed by atoms with Crippen LogP contribution in [0.3, 0.4) is 0 Å². The zero-order chi connectivity index (χ0) is 12.4. The Morgan fingerprint density at radius 1 is 1.65 bits per heavy atom. The summed E-state index contributed by atoms with van der Waals surface area (Å²) in [5, 5.41) is 4.22. The molecule has 0 unspecified atom stereocenters. The number of hydrogen-bond donors (Lipinski definition) is 1. The molecule has 1 N–H and O–H groups in total. The summed E-state index contributed by atoms with van der Waals surface area (Å²) < 4.78 is 5.89. The number of aromatic amines is 1. The Morgan fingerprint density at radius 2 is 2.41 bits per heavy atom. The molecule has 0 aliphatic rings. The van der Waals surface area contributed by atoms with Gasteiger partial charge in [-0.05, 0) is 13.2 Å². The Kier molecular flexibility index (Phi) is 3.14. The first-order valence-electron chi connectivity index (χ1n) is 4.86. The molecule has 0 amide bonds. The minimum atomic E-state index is -0.535. The lowest BCUT2D eigenvalue weighted by atomic mass is 10.3. The number of thioether (sulfide) groups is 1. The van der Waals surface area contributed by atoms with Gasteiger partial charge in [0.2, 0.25) is 0 Å². The van der Waals surface area contributed by atoms with Crippen LogP contribution in [0.5, 0.6) is 0 Å². The normalized spacial score (nSPS) is 10.7. The molecule has 2 aromatic heterocycles. The number of hydrogen-bond acceptors (Lipinski definition) is 6. The molecule has 8 heteroatoms. The monoisotopic (exact) mass is 254 g/mol. The van der Waals surface area contributed by atoms with Gasteiger partial charge in [0.1, 0.15) is 5.56 Å². The van der Waals surface area contributed by atoms with E-state index in [-0.39, 0.29) is 17.8 Å². The maximum atomic E-state index is 11.6. The molecule has 0 aliphatic carbocycles. The molecule has 17 heavy (non-hydrogen) atoms. The molecule has 90 valence electrons. The number of nitrogens with zero attached hydrogens (tertiary/aromatic N) is 3. The number of carbonyl (C=O) groups is 1. The van der Waals surface area contributed by atoms with Crippen LogP contribution in [0.25, 0.3) is 5.65 Å². The summed E-state index contributed by atoms with van der Waals surface area (Å²) in [5.74, 6) is -0.535. The zero-order valence-corrected chi connectivity index (χ0v) is 10.1. The van der Waals surface area contributed by atoms with Crippen LogP contribution in [-0.4, -0.2) is 38.4 Å². The van der Waals surface area contributed by atoms with Crippen molar-refractivity contribution in [1.29, 1.82) is 0 Å². The van der Waals surface area contributed by atoms with Gasteiger partial charge in [0, 0.05) is 0 Å². The van der Waals surface area contributed by atoms with Gasteiger partial charge in [0.15, 0.2) is 10.8 Å². The lowest BCUT2D eigenvalue weighted by Gasteiger charge is -2.00. The van der Waals surface area contributed by atoms with Crippen LogP contribution in [-0.2, 0) is 4.74 Å². The highest BCUT2D eigenvalue weighted by atomic mass is 32.2. The van der Waals surface area contributed by atoms with Crippen molar-refractivity contribution in [2.45, 2.75) is 12.1 Å². The average molecular weight is 254 g/mol. The Labute approximate surface area is 100 Å². The maximum absolute atomic E-state index is 11.6. The molecule has 2 aromatic rings. The number of aromatic nitrogens is 4. The average Bonchev–Trinajstić information content (AvgIpc) is 2.73. The number of esters is 1. The minimum absolute atomic E-state index is 0.188. The summed E-state index contributed by atoms with van der Waals surface area (Å²) >= 11 is 1.28. The van der Waals surface area contributed by atoms with E-state index in [9.17, 15) is 9.59 Å². The van der Waals surface area contributed by atoms with Crippen LogP contribution in [0.15, 0.2) is 16.1 Å². The quantitative estimate of drug-likeness (QED) is 0.626. The number of carbonyl (C=O) groups excluding carboxylic acids is 1. The first-order valence-corrected chi connectivity index (χ1v) is 6.09. The van der Waals surface area contributed by atoms with Gasteiger partial charge in [-0.25, -0.2) is 14.6 Å². The molecular weight excluding hydrogens is 244 g/mol. The fourth-order valence-corrected chi connectivity index (χ4v) is 1.68. The zero-order valence-electron chi connectivity index (χ0n) is 9.26. The third-order valence-corrected chi connectivity index (χ3v) is 2.63. The second-order valence-electron chi connectivity index (χ2n) is 3.07. The van der Waals surface area contributed by atoms with E-state index in [1.807, 2.05) is 0 Å². The molecule has 7 nitrogen and oxygen atoms in total. The first-order chi connectivity index (χ1) is 8.17. The molecule has 0 saturated carbocycles. The molecule has 0 aliphatic heterocycles. The summed E-state index contributed by atoms with van der Waals surface area (Å²) in [6, 6.07) is 0. The Balaban J connectivity index is 2.62. The summed E-state index contributed by atoms with van der Waals surface area (Å²) in [5.41, 5.74) is -0.0419. The van der Waals surface area contributed by atoms with Crippen LogP contribution in [0, 0.1) is 0 Å². The molecule has 0 radical (unpaired) electrons. The molecule has 2 rings (SSSR count). The second kappa shape index (κ2) is 4.58. The predicted octanol–water partition coefficient (Wildman–Crippen LogP) is 0.316. The summed E-state index contributed by atoms with van der Waals surface area (Å²) in [4.78, 5) is 29.8. The lowest BCUT2D eigenvalue weighted by Crippen LogP contribution is -2.19. The van der Waals surface area contributed by atoms with Crippen molar-refractivity contribution in [1.82, 2.24) is 19.6 Å². The van der Waals surface area contributed by atoms with E-state index in [0.717, 1.165) is 4.52 Å². The number of rotatable bonds is 3. The number of H-pyrrole nitrogens is 1. The van der Waals surface area contributed by atoms with Crippen molar-refractivity contribution in [3.8, 4) is 0 Å². The molecule has 2 heterocycles. The van der Waals surface area contributed by atoms with Gasteiger partial charge in [-0.2, -0.15) is 9.61 Å². The SMILES string of the molecule is CCOC(=O)c1cnn2c(=O)[nH]c(SC)nc12. The van der Waals surface area contributed by atoms with Gasteiger partial charge in [-0.15, -0.1) is 0 Å². The third kappa shape index (κ3) is 2.03. The van der Waals surface area contributed by atoms with Crippen molar-refractivity contribution >= 4 is 23.4 Å². The fourth-order valence-electron chi connectivity index (χ4n) is 1.32. The van der Waals surface area contributed by atoms with Gasteiger partial charge >= 0.3 is 11.7 Å². The van der Waals surface area contributed by atoms with E-state index >= 15 is 0 Å². The van der Waals surface area contributed by atoms with Gasteiger partial charge in [0.25, 0.3) is 0 Å². The van der Waals surface area contributed by atoms with Gasteiger partial charge in [0.05, 0.1) is 12.8 Å². The third-order valence-electron chi connectivity index (χ3n) is 2.05. The van der Waals surface area contributed by atoms with Crippen molar-refractivity contribution < 1.29 is 9.53 Å². The van der Waals surface area contributed by atoms with Gasteiger partial charge < -0.3 is 4.74 Å². The maximum Gasteiger partial charge on any atom is 0.350 e. The summed E-state index contributed by atoms with van der Waals surface area (Å²) in [6.07, 6.45) is 3.05. The van der Waals surface area contributed by atoms with Crippen LogP contribution in [0.2, 0.25) is 0 Å².